The third kappa shape index (κ3) is 5.18. The van der Waals surface area contributed by atoms with E-state index in [1.807, 2.05) is 0 Å². The topological polar surface area (TPSA) is 132 Å². The van der Waals surface area contributed by atoms with Gasteiger partial charge < -0.3 is 14.6 Å². The summed E-state index contributed by atoms with van der Waals surface area (Å²) in [6.45, 7) is 2.82. The van der Waals surface area contributed by atoms with Crippen molar-refractivity contribution in [1.29, 1.82) is 0 Å². The Hall–Kier alpha value is -3.57. The lowest BCUT2D eigenvalue weighted by molar-refractivity contribution is -0.119. The molecule has 1 amide bonds. The number of aryl methyl sites for hydroxylation is 2. The van der Waals surface area contributed by atoms with E-state index < -0.39 is 28.5 Å². The minimum absolute atomic E-state index is 0.0776. The number of rotatable bonds is 7. The molecule has 2 aromatic carbocycles. The van der Waals surface area contributed by atoms with Gasteiger partial charge in [0.1, 0.15) is 0 Å². The predicted molar refractivity (Wildman–Crippen MR) is 115 cm³/mol. The number of hydrogen-bond donors (Lipinski definition) is 1. The molecule has 1 aromatic heterocycles. The summed E-state index contributed by atoms with van der Waals surface area (Å²) in [6.07, 6.45) is 0. The van der Waals surface area contributed by atoms with Gasteiger partial charge in [-0.3, -0.25) is 4.79 Å². The van der Waals surface area contributed by atoms with E-state index in [9.17, 15) is 18.0 Å². The average Bonchev–Trinajstić information content (AvgIpc) is 3.19. The summed E-state index contributed by atoms with van der Waals surface area (Å²) in [5.41, 5.74) is 1.70. The van der Waals surface area contributed by atoms with Crippen molar-refractivity contribution < 1.29 is 27.3 Å². The molecule has 32 heavy (non-hydrogen) atoms. The fraction of sp³-hybridized carbons (Fsp3) is 0.238. The van der Waals surface area contributed by atoms with E-state index in [4.69, 9.17) is 9.26 Å². The van der Waals surface area contributed by atoms with Crippen molar-refractivity contribution in [1.82, 2.24) is 14.4 Å². The SMILES string of the molecule is Cc1noc(-c2ccc(C(=O)OCC(=O)Nc3ccc(C)c(S(=O)(=O)N(C)C)c3)cc2)n1. The Labute approximate surface area is 185 Å². The van der Waals surface area contributed by atoms with Crippen LogP contribution in [0, 0.1) is 13.8 Å². The van der Waals surface area contributed by atoms with Gasteiger partial charge in [-0.2, -0.15) is 4.98 Å². The fourth-order valence-corrected chi connectivity index (χ4v) is 3.87. The summed E-state index contributed by atoms with van der Waals surface area (Å²) in [7, 11) is -0.817. The van der Waals surface area contributed by atoms with Gasteiger partial charge in [-0.25, -0.2) is 17.5 Å². The molecule has 0 saturated carbocycles. The second kappa shape index (κ2) is 9.28. The van der Waals surface area contributed by atoms with E-state index in [1.54, 1.807) is 38.1 Å². The highest BCUT2D eigenvalue weighted by molar-refractivity contribution is 7.89. The minimum atomic E-state index is -3.67. The Kier molecular flexibility index (Phi) is 6.70. The summed E-state index contributed by atoms with van der Waals surface area (Å²) in [5.74, 6) is -0.466. The molecule has 1 N–H and O–H groups in total. The molecule has 3 rings (SSSR count). The molecule has 0 unspecified atom stereocenters. The number of nitrogens with zero attached hydrogens (tertiary/aromatic N) is 3. The molecule has 0 saturated heterocycles. The Morgan fingerprint density at radius 1 is 1.09 bits per heavy atom. The van der Waals surface area contributed by atoms with Crippen LogP contribution in [0.4, 0.5) is 5.69 Å². The van der Waals surface area contributed by atoms with E-state index in [0.717, 1.165) is 4.31 Å². The Morgan fingerprint density at radius 3 is 2.38 bits per heavy atom. The predicted octanol–water partition coefficient (Wildman–Crippen LogP) is 2.40. The average molecular weight is 458 g/mol. The lowest BCUT2D eigenvalue weighted by Gasteiger charge is -2.15. The van der Waals surface area contributed by atoms with Crippen molar-refractivity contribution in [2.45, 2.75) is 18.7 Å². The third-order valence-electron chi connectivity index (χ3n) is 4.46. The molecule has 168 valence electrons. The van der Waals surface area contributed by atoms with Gasteiger partial charge in [-0.15, -0.1) is 0 Å². The molecule has 0 radical (unpaired) electrons. The van der Waals surface area contributed by atoms with Crippen LogP contribution < -0.4 is 5.32 Å². The second-order valence-electron chi connectivity index (χ2n) is 7.12. The van der Waals surface area contributed by atoms with Crippen LogP contribution in [0.1, 0.15) is 21.7 Å². The van der Waals surface area contributed by atoms with Gasteiger partial charge in [0.15, 0.2) is 12.4 Å². The molecular weight excluding hydrogens is 436 g/mol. The number of carbonyl (C=O) groups is 2. The van der Waals surface area contributed by atoms with Crippen LogP contribution in [-0.2, 0) is 19.6 Å². The largest absolute Gasteiger partial charge is 0.452 e. The van der Waals surface area contributed by atoms with Crippen LogP contribution in [0.2, 0.25) is 0 Å². The maximum atomic E-state index is 12.4. The van der Waals surface area contributed by atoms with E-state index >= 15 is 0 Å². The zero-order chi connectivity index (χ0) is 23.5. The van der Waals surface area contributed by atoms with Crippen LogP contribution in [-0.4, -0.2) is 55.4 Å². The number of ether oxygens (including phenoxy) is 1. The third-order valence-corrected chi connectivity index (χ3v) is 6.42. The first-order valence-electron chi connectivity index (χ1n) is 9.49. The van der Waals surface area contributed by atoms with Gasteiger partial charge >= 0.3 is 5.97 Å². The van der Waals surface area contributed by atoms with Crippen molar-refractivity contribution in [2.24, 2.45) is 0 Å². The second-order valence-corrected chi connectivity index (χ2v) is 9.24. The quantitative estimate of drug-likeness (QED) is 0.534. The van der Waals surface area contributed by atoms with E-state index in [2.05, 4.69) is 15.5 Å². The minimum Gasteiger partial charge on any atom is -0.452 e. The Morgan fingerprint density at radius 2 is 1.78 bits per heavy atom. The number of amides is 1. The van der Waals surface area contributed by atoms with Gasteiger partial charge in [0.05, 0.1) is 10.5 Å². The summed E-state index contributed by atoms with van der Waals surface area (Å²) >= 11 is 0. The van der Waals surface area contributed by atoms with Crippen molar-refractivity contribution in [2.75, 3.05) is 26.0 Å². The molecule has 11 heteroatoms. The summed E-state index contributed by atoms with van der Waals surface area (Å²) in [5, 5.41) is 6.24. The van der Waals surface area contributed by atoms with Crippen LogP contribution in [0.5, 0.6) is 0 Å². The van der Waals surface area contributed by atoms with Gasteiger partial charge in [0.25, 0.3) is 11.8 Å². The molecule has 0 aliphatic carbocycles. The fourth-order valence-electron chi connectivity index (χ4n) is 2.73. The summed E-state index contributed by atoms with van der Waals surface area (Å²) in [4.78, 5) is 28.6. The molecule has 0 atom stereocenters. The Bertz CT molecular complexity index is 1250. The highest BCUT2D eigenvalue weighted by Gasteiger charge is 2.20. The smallest absolute Gasteiger partial charge is 0.338 e. The zero-order valence-electron chi connectivity index (χ0n) is 17.9. The molecule has 0 spiro atoms. The van der Waals surface area contributed by atoms with Crippen LogP contribution in [0.25, 0.3) is 11.5 Å². The highest BCUT2D eigenvalue weighted by Crippen LogP contribution is 2.22. The van der Waals surface area contributed by atoms with Gasteiger partial charge in [0, 0.05) is 25.3 Å². The number of carbonyl (C=O) groups excluding carboxylic acids is 2. The first kappa shape index (κ1) is 23.1. The highest BCUT2D eigenvalue weighted by atomic mass is 32.2. The standard InChI is InChI=1S/C21H22N4O6S/c1-13-5-10-17(11-18(13)32(28,29)25(3)4)23-19(26)12-30-21(27)16-8-6-15(7-9-16)20-22-14(2)24-31-20/h5-11H,12H2,1-4H3,(H,23,26). The number of hydrogen-bond acceptors (Lipinski definition) is 8. The number of nitrogens with one attached hydrogen (secondary N) is 1. The maximum absolute atomic E-state index is 12.4. The molecule has 1 heterocycles. The number of sulfonamides is 1. The van der Waals surface area contributed by atoms with Crippen LogP contribution in [0.15, 0.2) is 51.9 Å². The van der Waals surface area contributed by atoms with Gasteiger partial charge in [-0.05, 0) is 55.8 Å². The molecule has 10 nitrogen and oxygen atoms in total. The van der Waals surface area contributed by atoms with Crippen molar-refractivity contribution in [3.8, 4) is 11.5 Å². The molecule has 0 aliphatic rings. The van der Waals surface area contributed by atoms with Crippen molar-refractivity contribution in [3.63, 3.8) is 0 Å². The number of aromatic nitrogens is 2. The lowest BCUT2D eigenvalue weighted by Crippen LogP contribution is -2.24. The first-order chi connectivity index (χ1) is 15.1. The van der Waals surface area contributed by atoms with Crippen molar-refractivity contribution in [3.05, 3.63) is 59.4 Å². The van der Waals surface area contributed by atoms with E-state index in [0.29, 0.717) is 22.8 Å². The van der Waals surface area contributed by atoms with Gasteiger partial charge in [-0.1, -0.05) is 11.2 Å². The van der Waals surface area contributed by atoms with Crippen LogP contribution in [0.3, 0.4) is 0 Å². The van der Waals surface area contributed by atoms with Crippen LogP contribution >= 0.6 is 0 Å². The summed E-state index contributed by atoms with van der Waals surface area (Å²) < 4.78 is 36.0. The Balaban J connectivity index is 1.61. The van der Waals surface area contributed by atoms with Crippen molar-refractivity contribution >= 4 is 27.6 Å². The monoisotopic (exact) mass is 458 g/mol. The first-order valence-corrected chi connectivity index (χ1v) is 10.9. The molecule has 0 aliphatic heterocycles. The van der Waals surface area contributed by atoms with Gasteiger partial charge in [0.2, 0.25) is 10.0 Å². The maximum Gasteiger partial charge on any atom is 0.338 e. The molecule has 0 fully saturated rings. The van der Waals surface area contributed by atoms with E-state index in [1.165, 1.54) is 32.3 Å². The molecule has 0 bridgehead atoms. The zero-order valence-corrected chi connectivity index (χ0v) is 18.8. The molecule has 3 aromatic rings. The number of esters is 1. The molecular formula is C21H22N4O6S. The summed E-state index contributed by atoms with van der Waals surface area (Å²) in [6, 6.07) is 10.8. The lowest BCUT2D eigenvalue weighted by atomic mass is 10.1. The van der Waals surface area contributed by atoms with E-state index in [-0.39, 0.29) is 16.1 Å². The number of benzene rings is 2. The normalized spacial score (nSPS) is 11.4. The number of anilines is 1.